The van der Waals surface area contributed by atoms with Crippen LogP contribution in [0.3, 0.4) is 0 Å². The van der Waals surface area contributed by atoms with Gasteiger partial charge in [0, 0.05) is 45.5 Å². The minimum absolute atomic E-state index is 0.273. The minimum Gasteiger partial charge on any atom is -0.378 e. The van der Waals surface area contributed by atoms with Crippen molar-refractivity contribution in [2.75, 3.05) is 67.2 Å². The number of morpholine rings is 1. The van der Waals surface area contributed by atoms with Crippen molar-refractivity contribution < 1.29 is 9.13 Å². The maximum Gasteiger partial charge on any atom is 0.165 e. The quantitative estimate of drug-likeness (QED) is 0.828. The number of hydrogen-bond donors (Lipinski definition) is 0. The Labute approximate surface area is 146 Å². The van der Waals surface area contributed by atoms with Crippen molar-refractivity contribution in [3.05, 3.63) is 36.3 Å². The Morgan fingerprint density at radius 2 is 1.40 bits per heavy atom. The van der Waals surface area contributed by atoms with E-state index in [0.29, 0.717) is 18.9 Å². The summed E-state index contributed by atoms with van der Waals surface area (Å²) in [5, 5.41) is 8.74. The molecule has 0 atom stereocenters. The predicted molar refractivity (Wildman–Crippen MR) is 93.7 cm³/mol. The molecule has 8 heteroatoms. The highest BCUT2D eigenvalue weighted by atomic mass is 19.1. The molecule has 2 saturated heterocycles. The molecule has 0 spiro atoms. The lowest BCUT2D eigenvalue weighted by Gasteiger charge is -2.36. The summed E-state index contributed by atoms with van der Waals surface area (Å²) in [6, 6.07) is 7.08. The van der Waals surface area contributed by atoms with E-state index in [2.05, 4.69) is 25.0 Å². The molecule has 0 unspecified atom stereocenters. The van der Waals surface area contributed by atoms with E-state index in [4.69, 9.17) is 4.74 Å². The number of piperazine rings is 1. The van der Waals surface area contributed by atoms with E-state index in [1.54, 1.807) is 12.3 Å². The summed E-state index contributed by atoms with van der Waals surface area (Å²) in [6.45, 7) is 6.11. The largest absolute Gasteiger partial charge is 0.378 e. The zero-order chi connectivity index (χ0) is 17.1. The van der Waals surface area contributed by atoms with Gasteiger partial charge in [-0.1, -0.05) is 0 Å². The molecule has 2 aliphatic heterocycles. The van der Waals surface area contributed by atoms with Gasteiger partial charge in [-0.15, -0.1) is 10.2 Å². The van der Waals surface area contributed by atoms with Crippen molar-refractivity contribution in [3.63, 3.8) is 0 Å². The topological polar surface area (TPSA) is 57.6 Å². The van der Waals surface area contributed by atoms with Crippen molar-refractivity contribution >= 4 is 17.5 Å². The normalized spacial score (nSPS) is 18.5. The van der Waals surface area contributed by atoms with Crippen molar-refractivity contribution in [2.45, 2.75) is 0 Å². The molecule has 25 heavy (non-hydrogen) atoms. The lowest BCUT2D eigenvalue weighted by Crippen LogP contribution is -2.47. The van der Waals surface area contributed by atoms with Crippen LogP contribution in [0, 0.1) is 5.82 Å². The van der Waals surface area contributed by atoms with Crippen molar-refractivity contribution in [3.8, 4) is 0 Å². The van der Waals surface area contributed by atoms with Gasteiger partial charge >= 0.3 is 0 Å². The van der Waals surface area contributed by atoms with Crippen molar-refractivity contribution in [1.29, 1.82) is 0 Å². The van der Waals surface area contributed by atoms with Gasteiger partial charge in [-0.2, -0.15) is 0 Å². The molecule has 0 aromatic carbocycles. The molecule has 0 saturated carbocycles. The van der Waals surface area contributed by atoms with Crippen LogP contribution in [0.4, 0.5) is 21.8 Å². The predicted octanol–water partition coefficient (Wildman–Crippen LogP) is 1.17. The molecule has 4 rings (SSSR count). The molecule has 4 heterocycles. The molecule has 2 aromatic rings. The Morgan fingerprint density at radius 3 is 2.00 bits per heavy atom. The van der Waals surface area contributed by atoms with E-state index in [1.165, 1.54) is 6.07 Å². The van der Waals surface area contributed by atoms with E-state index >= 15 is 0 Å². The van der Waals surface area contributed by atoms with E-state index in [9.17, 15) is 4.39 Å². The van der Waals surface area contributed by atoms with Crippen LogP contribution in [0.15, 0.2) is 30.5 Å². The van der Waals surface area contributed by atoms with Crippen LogP contribution in [-0.4, -0.2) is 67.7 Å². The molecule has 0 bridgehead atoms. The Bertz CT molecular complexity index is 699. The third-order valence-electron chi connectivity index (χ3n) is 4.61. The molecular weight excluding hydrogens is 323 g/mol. The van der Waals surface area contributed by atoms with Crippen LogP contribution in [0.25, 0.3) is 0 Å². The van der Waals surface area contributed by atoms with Gasteiger partial charge in [0.1, 0.15) is 0 Å². The highest BCUT2D eigenvalue weighted by molar-refractivity contribution is 5.48. The third-order valence-corrected chi connectivity index (χ3v) is 4.61. The summed E-state index contributed by atoms with van der Waals surface area (Å²) >= 11 is 0. The number of anilines is 3. The Balaban J connectivity index is 1.38. The van der Waals surface area contributed by atoms with Crippen molar-refractivity contribution in [1.82, 2.24) is 15.2 Å². The van der Waals surface area contributed by atoms with Gasteiger partial charge in [-0.25, -0.2) is 9.37 Å². The standard InChI is InChI=1S/C17H21FN6O/c18-14-2-1-5-19-17(14)24-8-6-22(7-9-24)15-3-4-16(21-20-15)23-10-12-25-13-11-23/h1-5H,6-13H2. The highest BCUT2D eigenvalue weighted by Gasteiger charge is 2.22. The van der Waals surface area contributed by atoms with Crippen LogP contribution in [0.2, 0.25) is 0 Å². The summed E-state index contributed by atoms with van der Waals surface area (Å²) in [5.74, 6) is 1.90. The van der Waals surface area contributed by atoms with Gasteiger partial charge in [-0.3, -0.25) is 0 Å². The van der Waals surface area contributed by atoms with E-state index in [0.717, 1.165) is 51.0 Å². The molecule has 2 aliphatic rings. The molecule has 0 amide bonds. The number of nitrogens with zero attached hydrogens (tertiary/aromatic N) is 6. The summed E-state index contributed by atoms with van der Waals surface area (Å²) in [7, 11) is 0. The maximum absolute atomic E-state index is 13.9. The van der Waals surface area contributed by atoms with Gasteiger partial charge in [0.15, 0.2) is 23.3 Å². The van der Waals surface area contributed by atoms with Gasteiger partial charge < -0.3 is 19.4 Å². The third kappa shape index (κ3) is 3.48. The second kappa shape index (κ2) is 7.18. The number of rotatable bonds is 3. The average Bonchev–Trinajstić information content (AvgIpc) is 2.69. The van der Waals surface area contributed by atoms with Crippen LogP contribution in [0.1, 0.15) is 0 Å². The molecule has 7 nitrogen and oxygen atoms in total. The summed E-state index contributed by atoms with van der Waals surface area (Å²) < 4.78 is 19.2. The van der Waals surface area contributed by atoms with Crippen LogP contribution >= 0.6 is 0 Å². The molecular formula is C17H21FN6O. The lowest BCUT2D eigenvalue weighted by atomic mass is 10.3. The number of ether oxygens (including phenoxy) is 1. The van der Waals surface area contributed by atoms with Gasteiger partial charge in [-0.05, 0) is 24.3 Å². The number of pyridine rings is 1. The Hall–Kier alpha value is -2.48. The van der Waals surface area contributed by atoms with Crippen molar-refractivity contribution in [2.24, 2.45) is 0 Å². The first-order chi connectivity index (χ1) is 12.3. The molecule has 2 fully saturated rings. The first kappa shape index (κ1) is 16.0. The second-order valence-corrected chi connectivity index (χ2v) is 6.13. The Kier molecular flexibility index (Phi) is 4.60. The fraction of sp³-hybridized carbons (Fsp3) is 0.471. The monoisotopic (exact) mass is 344 g/mol. The van der Waals surface area contributed by atoms with E-state index in [-0.39, 0.29) is 5.82 Å². The smallest absolute Gasteiger partial charge is 0.165 e. The molecule has 2 aromatic heterocycles. The molecule has 0 N–H and O–H groups in total. The highest BCUT2D eigenvalue weighted by Crippen LogP contribution is 2.21. The van der Waals surface area contributed by atoms with Gasteiger partial charge in [0.2, 0.25) is 0 Å². The summed E-state index contributed by atoms with van der Waals surface area (Å²) in [6.07, 6.45) is 1.63. The second-order valence-electron chi connectivity index (χ2n) is 6.13. The van der Waals surface area contributed by atoms with Crippen LogP contribution in [-0.2, 0) is 4.74 Å². The maximum atomic E-state index is 13.9. The fourth-order valence-electron chi connectivity index (χ4n) is 3.21. The number of aromatic nitrogens is 3. The number of halogens is 1. The summed E-state index contributed by atoms with van der Waals surface area (Å²) in [5.41, 5.74) is 0. The van der Waals surface area contributed by atoms with E-state index in [1.807, 2.05) is 17.0 Å². The molecule has 132 valence electrons. The van der Waals surface area contributed by atoms with Gasteiger partial charge in [0.25, 0.3) is 0 Å². The SMILES string of the molecule is Fc1cccnc1N1CCN(c2ccc(N3CCOCC3)nn2)CC1. The molecule has 0 radical (unpaired) electrons. The minimum atomic E-state index is -0.273. The zero-order valence-corrected chi connectivity index (χ0v) is 14.0. The first-order valence-corrected chi connectivity index (χ1v) is 8.58. The van der Waals surface area contributed by atoms with Crippen LogP contribution < -0.4 is 14.7 Å². The summed E-state index contributed by atoms with van der Waals surface area (Å²) in [4.78, 5) is 10.5. The zero-order valence-electron chi connectivity index (χ0n) is 14.0. The van der Waals surface area contributed by atoms with Crippen LogP contribution in [0.5, 0.6) is 0 Å². The first-order valence-electron chi connectivity index (χ1n) is 8.58. The lowest BCUT2D eigenvalue weighted by molar-refractivity contribution is 0.122. The Morgan fingerprint density at radius 1 is 0.800 bits per heavy atom. The fourth-order valence-corrected chi connectivity index (χ4v) is 3.21. The number of hydrogen-bond acceptors (Lipinski definition) is 7. The molecule has 0 aliphatic carbocycles. The van der Waals surface area contributed by atoms with E-state index < -0.39 is 0 Å². The van der Waals surface area contributed by atoms with Gasteiger partial charge in [0.05, 0.1) is 13.2 Å². The average molecular weight is 344 g/mol.